The van der Waals surface area contributed by atoms with Gasteiger partial charge in [0.25, 0.3) is 0 Å². The molecule has 0 rings (SSSR count). The van der Waals surface area contributed by atoms with Crippen LogP contribution in [-0.4, -0.2) is 60.9 Å². The molecule has 0 heterocycles. The van der Waals surface area contributed by atoms with E-state index in [0.29, 0.717) is 26.4 Å². The summed E-state index contributed by atoms with van der Waals surface area (Å²) in [5.74, 6) is -0.745. The minimum atomic E-state index is -0.745. The van der Waals surface area contributed by atoms with Crippen LogP contribution in [0.4, 0.5) is 0 Å². The summed E-state index contributed by atoms with van der Waals surface area (Å²) in [6, 6.07) is 0. The minimum absolute atomic E-state index is 0.0417. The van der Waals surface area contributed by atoms with Gasteiger partial charge in [0.1, 0.15) is 0 Å². The first kappa shape index (κ1) is 16.7. The number of aliphatic carboxylic acids is 1. The maximum absolute atomic E-state index is 9.37. The zero-order valence-electron chi connectivity index (χ0n) is 9.02. The number of aliphatic hydroxyl groups is 2. The molecule has 0 aliphatic carbocycles. The molecule has 0 aromatic heterocycles. The molecule has 0 saturated carbocycles. The molecule has 6 heteroatoms. The van der Waals surface area contributed by atoms with Gasteiger partial charge >= 0.3 is 5.97 Å². The van der Waals surface area contributed by atoms with Crippen molar-refractivity contribution in [3.8, 4) is 0 Å². The zero-order chi connectivity index (χ0) is 11.9. The van der Waals surface area contributed by atoms with Gasteiger partial charge in [0.2, 0.25) is 0 Å². The highest BCUT2D eigenvalue weighted by Crippen LogP contribution is 1.76. The molecule has 0 aliphatic heterocycles. The second-order valence-corrected chi connectivity index (χ2v) is 2.42. The fourth-order valence-corrected chi connectivity index (χ4v) is 0.451. The maximum atomic E-state index is 9.37. The van der Waals surface area contributed by atoms with Crippen molar-refractivity contribution in [2.75, 3.05) is 39.6 Å². The minimum Gasteiger partial charge on any atom is -0.481 e. The Morgan fingerprint density at radius 2 is 1.33 bits per heavy atom. The first-order valence-electron chi connectivity index (χ1n) is 4.78. The molecular formula is C9H20O6. The molecule has 0 bridgehead atoms. The van der Waals surface area contributed by atoms with E-state index in [2.05, 4.69) is 0 Å². The predicted octanol–water partition coefficient (Wildman–Crippen LogP) is -0.515. The number of carboxylic acids is 1. The molecule has 0 aliphatic rings. The van der Waals surface area contributed by atoms with E-state index in [9.17, 15) is 4.79 Å². The number of carbonyl (C=O) groups is 1. The van der Waals surface area contributed by atoms with E-state index in [1.165, 1.54) is 0 Å². The molecule has 0 saturated heterocycles. The Morgan fingerprint density at radius 1 is 1.00 bits per heavy atom. The molecule has 0 amide bonds. The van der Waals surface area contributed by atoms with Crippen LogP contribution in [0.3, 0.4) is 0 Å². The summed E-state index contributed by atoms with van der Waals surface area (Å²) in [6.45, 7) is 3.33. The maximum Gasteiger partial charge on any atom is 0.303 e. The third kappa shape index (κ3) is 24.7. The highest BCUT2D eigenvalue weighted by molar-refractivity contribution is 5.66. The van der Waals surface area contributed by atoms with Crippen molar-refractivity contribution in [3.05, 3.63) is 0 Å². The van der Waals surface area contributed by atoms with Gasteiger partial charge in [-0.2, -0.15) is 0 Å². The van der Waals surface area contributed by atoms with Crippen molar-refractivity contribution >= 4 is 5.97 Å². The lowest BCUT2D eigenvalue weighted by Crippen LogP contribution is -2.09. The molecule has 0 aromatic carbocycles. The Kier molecular flexibility index (Phi) is 17.6. The van der Waals surface area contributed by atoms with E-state index in [4.69, 9.17) is 24.8 Å². The van der Waals surface area contributed by atoms with Crippen molar-refractivity contribution in [2.24, 2.45) is 0 Å². The first-order chi connectivity index (χ1) is 7.18. The molecule has 6 nitrogen and oxygen atoms in total. The van der Waals surface area contributed by atoms with E-state index in [1.54, 1.807) is 6.92 Å². The third-order valence-electron chi connectivity index (χ3n) is 1.15. The second-order valence-electron chi connectivity index (χ2n) is 2.42. The number of ether oxygens (including phenoxy) is 2. The van der Waals surface area contributed by atoms with E-state index in [1.807, 2.05) is 0 Å². The van der Waals surface area contributed by atoms with Crippen molar-refractivity contribution in [2.45, 2.75) is 13.3 Å². The first-order valence-corrected chi connectivity index (χ1v) is 4.78. The molecule has 0 spiro atoms. The molecule has 0 unspecified atom stereocenters. The molecule has 0 radical (unpaired) electrons. The van der Waals surface area contributed by atoms with Gasteiger partial charge < -0.3 is 24.8 Å². The predicted molar refractivity (Wildman–Crippen MR) is 53.7 cm³/mol. The highest BCUT2D eigenvalue weighted by atomic mass is 16.5. The molecule has 92 valence electrons. The smallest absolute Gasteiger partial charge is 0.303 e. The van der Waals surface area contributed by atoms with Crippen LogP contribution in [0.15, 0.2) is 0 Å². The lowest BCUT2D eigenvalue weighted by atomic mass is 10.5. The van der Waals surface area contributed by atoms with Crippen LogP contribution < -0.4 is 0 Å². The Bertz CT molecular complexity index is 120. The normalized spacial score (nSPS) is 9.27. The van der Waals surface area contributed by atoms with Crippen LogP contribution in [-0.2, 0) is 14.3 Å². The molecular weight excluding hydrogens is 204 g/mol. The number of hydrogen-bond acceptors (Lipinski definition) is 5. The summed E-state index contributed by atoms with van der Waals surface area (Å²) in [4.78, 5) is 9.37. The average Bonchev–Trinajstić information content (AvgIpc) is 2.24. The summed E-state index contributed by atoms with van der Waals surface area (Å²) < 4.78 is 9.75. The number of rotatable bonds is 8. The van der Waals surface area contributed by atoms with E-state index in [-0.39, 0.29) is 19.6 Å². The van der Waals surface area contributed by atoms with Gasteiger partial charge in [0.15, 0.2) is 0 Å². The summed E-state index contributed by atoms with van der Waals surface area (Å²) in [5, 5.41) is 24.2. The lowest BCUT2D eigenvalue weighted by Gasteiger charge is -2.01. The quantitative estimate of drug-likeness (QED) is 0.480. The zero-order valence-corrected chi connectivity index (χ0v) is 9.02. The average molecular weight is 224 g/mol. The van der Waals surface area contributed by atoms with Crippen LogP contribution in [0.2, 0.25) is 0 Å². The van der Waals surface area contributed by atoms with Crippen molar-refractivity contribution in [1.29, 1.82) is 0 Å². The van der Waals surface area contributed by atoms with E-state index < -0.39 is 5.97 Å². The fraction of sp³-hybridized carbons (Fsp3) is 0.889. The van der Waals surface area contributed by atoms with Crippen LogP contribution in [0, 0.1) is 0 Å². The van der Waals surface area contributed by atoms with E-state index in [0.717, 1.165) is 0 Å². The fourth-order valence-electron chi connectivity index (χ4n) is 0.451. The molecule has 15 heavy (non-hydrogen) atoms. The Morgan fingerprint density at radius 3 is 1.53 bits per heavy atom. The van der Waals surface area contributed by atoms with E-state index >= 15 is 0 Å². The van der Waals surface area contributed by atoms with Crippen LogP contribution >= 0.6 is 0 Å². The van der Waals surface area contributed by atoms with Crippen LogP contribution in [0.25, 0.3) is 0 Å². The van der Waals surface area contributed by atoms with Crippen molar-refractivity contribution in [1.82, 2.24) is 0 Å². The third-order valence-corrected chi connectivity index (χ3v) is 1.15. The lowest BCUT2D eigenvalue weighted by molar-refractivity contribution is -0.136. The van der Waals surface area contributed by atoms with Gasteiger partial charge in [-0.3, -0.25) is 4.79 Å². The SMILES string of the molecule is CCC(=O)O.OCCOCCOCCO. The Balaban J connectivity index is 0. The number of carboxylic acid groups (broad SMARTS) is 1. The summed E-state index contributed by atoms with van der Waals surface area (Å²) in [7, 11) is 0. The molecule has 0 aromatic rings. The second kappa shape index (κ2) is 15.8. The molecule has 0 fully saturated rings. The van der Waals surface area contributed by atoms with Gasteiger partial charge in [-0.15, -0.1) is 0 Å². The van der Waals surface area contributed by atoms with Crippen LogP contribution in [0.5, 0.6) is 0 Å². The summed E-state index contributed by atoms with van der Waals surface area (Å²) in [6.07, 6.45) is 0.222. The van der Waals surface area contributed by atoms with Crippen LogP contribution in [0.1, 0.15) is 13.3 Å². The standard InChI is InChI=1S/C6H14O4.C3H6O2/c7-1-3-9-5-6-10-4-2-8;1-2-3(4)5/h7-8H,1-6H2;2H2,1H3,(H,4,5). The van der Waals surface area contributed by atoms with Gasteiger partial charge in [-0.1, -0.05) is 6.92 Å². The van der Waals surface area contributed by atoms with Gasteiger partial charge in [-0.25, -0.2) is 0 Å². The van der Waals surface area contributed by atoms with Crippen molar-refractivity contribution in [3.63, 3.8) is 0 Å². The van der Waals surface area contributed by atoms with Crippen molar-refractivity contribution < 1.29 is 29.6 Å². The Hall–Kier alpha value is -0.690. The monoisotopic (exact) mass is 224 g/mol. The molecule has 0 atom stereocenters. The topological polar surface area (TPSA) is 96.2 Å². The summed E-state index contributed by atoms with van der Waals surface area (Å²) in [5.41, 5.74) is 0. The Labute approximate surface area is 89.4 Å². The number of hydrogen-bond donors (Lipinski definition) is 3. The van der Waals surface area contributed by atoms with Gasteiger partial charge in [-0.05, 0) is 0 Å². The highest BCUT2D eigenvalue weighted by Gasteiger charge is 1.86. The van der Waals surface area contributed by atoms with Gasteiger partial charge in [0.05, 0.1) is 39.6 Å². The summed E-state index contributed by atoms with van der Waals surface area (Å²) >= 11 is 0. The van der Waals surface area contributed by atoms with Gasteiger partial charge in [0, 0.05) is 6.42 Å². The number of aliphatic hydroxyl groups excluding tert-OH is 2. The largest absolute Gasteiger partial charge is 0.481 e. The molecule has 3 N–H and O–H groups in total.